The second-order valence-corrected chi connectivity index (χ2v) is 8.59. The first-order valence-electron chi connectivity index (χ1n) is 11.8. The second-order valence-electron chi connectivity index (χ2n) is 8.59. The van der Waals surface area contributed by atoms with Crippen molar-refractivity contribution < 1.29 is 13.9 Å². The van der Waals surface area contributed by atoms with Crippen LogP contribution in [-0.2, 0) is 6.42 Å². The zero-order valence-corrected chi connectivity index (χ0v) is 19.4. The van der Waals surface area contributed by atoms with Crippen LogP contribution in [0.2, 0.25) is 0 Å². The quantitative estimate of drug-likeness (QED) is 0.150. The molecule has 1 aromatic heterocycles. The fourth-order valence-electron chi connectivity index (χ4n) is 4.25. The Bertz CT molecular complexity index is 1330. The number of benzene rings is 3. The number of unbranched alkanes of at least 4 members (excludes halogenated alkanes) is 4. The molecule has 0 unspecified atom stereocenters. The predicted molar refractivity (Wildman–Crippen MR) is 133 cm³/mol. The van der Waals surface area contributed by atoms with Crippen LogP contribution >= 0.6 is 0 Å². The number of carbonyl (C=O) groups is 1. The van der Waals surface area contributed by atoms with Gasteiger partial charge < -0.3 is 9.15 Å². The molecule has 0 bridgehead atoms. The maximum absolute atomic E-state index is 12.6. The third-order valence-corrected chi connectivity index (χ3v) is 6.23. The van der Waals surface area contributed by atoms with E-state index in [1.165, 1.54) is 19.3 Å². The number of ketones is 1. The lowest BCUT2D eigenvalue weighted by Gasteiger charge is -2.10. The second kappa shape index (κ2) is 10.5. The minimum Gasteiger partial charge on any atom is -0.485 e. The highest BCUT2D eigenvalue weighted by Gasteiger charge is 2.13. The Morgan fingerprint density at radius 1 is 0.909 bits per heavy atom. The maximum Gasteiger partial charge on any atom is 0.339 e. The van der Waals surface area contributed by atoms with Crippen LogP contribution < -0.4 is 10.4 Å². The number of carbonyl (C=O) groups excluding carboxylic acids is 1. The third-order valence-electron chi connectivity index (χ3n) is 6.23. The molecule has 0 aliphatic rings. The van der Waals surface area contributed by atoms with E-state index in [1.54, 1.807) is 6.07 Å². The van der Waals surface area contributed by atoms with E-state index in [0.29, 0.717) is 16.9 Å². The van der Waals surface area contributed by atoms with Gasteiger partial charge in [-0.15, -0.1) is 0 Å². The summed E-state index contributed by atoms with van der Waals surface area (Å²) in [4.78, 5) is 25.2. The molecule has 0 spiro atoms. The lowest BCUT2D eigenvalue weighted by atomic mass is 10.0. The average Bonchev–Trinajstić information content (AvgIpc) is 2.83. The first-order chi connectivity index (χ1) is 16.1. The van der Waals surface area contributed by atoms with Crippen LogP contribution in [0.4, 0.5) is 0 Å². The Morgan fingerprint density at radius 2 is 1.70 bits per heavy atom. The summed E-state index contributed by atoms with van der Waals surface area (Å²) in [6.07, 6.45) is 6.50. The molecular weight excluding hydrogens is 412 g/mol. The molecule has 33 heavy (non-hydrogen) atoms. The van der Waals surface area contributed by atoms with Crippen LogP contribution in [0.25, 0.3) is 21.7 Å². The minimum absolute atomic E-state index is 0.0805. The summed E-state index contributed by atoms with van der Waals surface area (Å²) in [5.74, 6) is 0.406. The summed E-state index contributed by atoms with van der Waals surface area (Å²) in [6, 6.07) is 19.0. The zero-order chi connectivity index (χ0) is 23.2. The maximum atomic E-state index is 12.6. The third kappa shape index (κ3) is 5.33. The van der Waals surface area contributed by atoms with E-state index in [-0.39, 0.29) is 18.0 Å². The highest BCUT2D eigenvalue weighted by molar-refractivity contribution is 6.00. The van der Waals surface area contributed by atoms with Gasteiger partial charge in [-0.1, -0.05) is 69.0 Å². The van der Waals surface area contributed by atoms with Crippen LogP contribution in [-0.4, -0.2) is 12.4 Å². The van der Waals surface area contributed by atoms with Crippen molar-refractivity contribution in [3.63, 3.8) is 0 Å². The van der Waals surface area contributed by atoms with Crippen molar-refractivity contribution in [1.82, 2.24) is 0 Å². The smallest absolute Gasteiger partial charge is 0.339 e. The molecule has 4 aromatic rings. The van der Waals surface area contributed by atoms with Crippen molar-refractivity contribution in [2.24, 2.45) is 0 Å². The summed E-state index contributed by atoms with van der Waals surface area (Å²) in [5.41, 5.74) is 2.55. The van der Waals surface area contributed by atoms with Crippen molar-refractivity contribution in [3.05, 3.63) is 87.8 Å². The van der Waals surface area contributed by atoms with Crippen molar-refractivity contribution in [2.45, 2.75) is 52.4 Å². The number of rotatable bonds is 10. The molecule has 4 heteroatoms. The van der Waals surface area contributed by atoms with Crippen LogP contribution in [0.3, 0.4) is 0 Å². The Kier molecular flexibility index (Phi) is 7.23. The van der Waals surface area contributed by atoms with Gasteiger partial charge in [-0.3, -0.25) is 4.79 Å². The molecule has 4 rings (SSSR count). The predicted octanol–water partition coefficient (Wildman–Crippen LogP) is 7.03. The van der Waals surface area contributed by atoms with Crippen LogP contribution in [0.5, 0.6) is 5.75 Å². The number of Topliss-reactive ketones (excluding diaryl/α,β-unsaturated/α-hetero) is 1. The lowest BCUT2D eigenvalue weighted by Crippen LogP contribution is -2.12. The molecule has 0 N–H and O–H groups in total. The van der Waals surface area contributed by atoms with Crippen LogP contribution in [0.15, 0.2) is 69.9 Å². The molecule has 0 fully saturated rings. The molecule has 0 saturated carbocycles. The van der Waals surface area contributed by atoms with Gasteiger partial charge in [0, 0.05) is 22.6 Å². The zero-order valence-electron chi connectivity index (χ0n) is 19.4. The standard InChI is InChI=1S/C29H30O4/c1-3-4-5-6-7-12-26-20(2)25-16-15-24(18-28(25)33-29(26)31)32-19-27(30)23-14-13-21-10-8-9-11-22(21)17-23/h8-11,13-18H,3-7,12,19H2,1-2H3. The number of aryl methyl sites for hydroxylation is 1. The number of fused-ring (bicyclic) bond motifs is 2. The first kappa shape index (κ1) is 22.8. The topological polar surface area (TPSA) is 56.5 Å². The fraction of sp³-hybridized carbons (Fsp3) is 0.310. The van der Waals surface area contributed by atoms with Gasteiger partial charge in [-0.2, -0.15) is 0 Å². The Balaban J connectivity index is 1.45. The molecule has 0 radical (unpaired) electrons. The van der Waals surface area contributed by atoms with Gasteiger partial charge in [0.15, 0.2) is 12.4 Å². The van der Waals surface area contributed by atoms with Gasteiger partial charge in [0.1, 0.15) is 11.3 Å². The minimum atomic E-state index is -0.278. The first-order valence-corrected chi connectivity index (χ1v) is 11.8. The van der Waals surface area contributed by atoms with E-state index < -0.39 is 0 Å². The highest BCUT2D eigenvalue weighted by Crippen LogP contribution is 2.25. The van der Waals surface area contributed by atoms with Gasteiger partial charge in [0.05, 0.1) is 0 Å². The van der Waals surface area contributed by atoms with Gasteiger partial charge in [-0.05, 0) is 54.3 Å². The molecule has 0 amide bonds. The molecule has 0 aliphatic carbocycles. The SMILES string of the molecule is CCCCCCCc1c(C)c2ccc(OCC(=O)c3ccc4ccccc4c3)cc2oc1=O. The molecule has 0 aliphatic heterocycles. The van der Waals surface area contributed by atoms with Crippen LogP contribution in [0, 0.1) is 6.92 Å². The largest absolute Gasteiger partial charge is 0.485 e. The molecule has 0 atom stereocenters. The van der Waals surface area contributed by atoms with Crippen molar-refractivity contribution in [2.75, 3.05) is 6.61 Å². The molecule has 0 saturated heterocycles. The van der Waals surface area contributed by atoms with E-state index in [9.17, 15) is 9.59 Å². The molecular formula is C29H30O4. The van der Waals surface area contributed by atoms with Gasteiger partial charge in [-0.25, -0.2) is 4.79 Å². The number of hydrogen-bond donors (Lipinski definition) is 0. The van der Waals surface area contributed by atoms with Gasteiger partial charge in [0.2, 0.25) is 0 Å². The number of hydrogen-bond acceptors (Lipinski definition) is 4. The summed E-state index contributed by atoms with van der Waals surface area (Å²) in [5, 5.41) is 3.02. The van der Waals surface area contributed by atoms with E-state index in [4.69, 9.17) is 9.15 Å². The lowest BCUT2D eigenvalue weighted by molar-refractivity contribution is 0.0921. The summed E-state index contributed by atoms with van der Waals surface area (Å²) in [7, 11) is 0. The Morgan fingerprint density at radius 3 is 2.52 bits per heavy atom. The van der Waals surface area contributed by atoms with E-state index >= 15 is 0 Å². The van der Waals surface area contributed by atoms with Crippen LogP contribution in [0.1, 0.15) is 60.5 Å². The summed E-state index contributed by atoms with van der Waals surface area (Å²) in [6.45, 7) is 4.09. The van der Waals surface area contributed by atoms with Crippen molar-refractivity contribution in [1.29, 1.82) is 0 Å². The molecule has 3 aromatic carbocycles. The summed E-state index contributed by atoms with van der Waals surface area (Å²) < 4.78 is 11.4. The normalized spacial score (nSPS) is 11.2. The Labute approximate surface area is 194 Å². The Hall–Kier alpha value is -3.40. The molecule has 1 heterocycles. The fourth-order valence-corrected chi connectivity index (χ4v) is 4.25. The van der Waals surface area contributed by atoms with Gasteiger partial charge >= 0.3 is 5.63 Å². The highest BCUT2D eigenvalue weighted by atomic mass is 16.5. The number of ether oxygens (including phenoxy) is 1. The van der Waals surface area contributed by atoms with Crippen molar-refractivity contribution in [3.8, 4) is 5.75 Å². The summed E-state index contributed by atoms with van der Waals surface area (Å²) >= 11 is 0. The van der Waals surface area contributed by atoms with E-state index in [2.05, 4.69) is 6.92 Å². The average molecular weight is 443 g/mol. The van der Waals surface area contributed by atoms with Gasteiger partial charge in [0.25, 0.3) is 0 Å². The van der Waals surface area contributed by atoms with E-state index in [0.717, 1.165) is 46.5 Å². The van der Waals surface area contributed by atoms with E-state index in [1.807, 2.05) is 61.5 Å². The molecule has 4 nitrogen and oxygen atoms in total. The van der Waals surface area contributed by atoms with Crippen molar-refractivity contribution >= 4 is 27.5 Å². The monoisotopic (exact) mass is 442 g/mol. The molecule has 170 valence electrons.